The van der Waals surface area contributed by atoms with Gasteiger partial charge in [0, 0.05) is 29.4 Å². The Morgan fingerprint density at radius 1 is 1.50 bits per heavy atom. The third-order valence-electron chi connectivity index (χ3n) is 2.72. The monoisotopic (exact) mass is 254 g/mol. The number of nitrogens with two attached hydrogens (primary N) is 1. The molecule has 2 nitrogen and oxygen atoms in total. The van der Waals surface area contributed by atoms with Gasteiger partial charge < -0.3 is 10.6 Å². The number of nitrogen functional groups attached to an aromatic ring is 1. The van der Waals surface area contributed by atoms with Crippen molar-refractivity contribution < 1.29 is 0 Å². The summed E-state index contributed by atoms with van der Waals surface area (Å²) in [6.07, 6.45) is 3.41. The van der Waals surface area contributed by atoms with Gasteiger partial charge >= 0.3 is 0 Å². The van der Waals surface area contributed by atoms with E-state index < -0.39 is 0 Å². The van der Waals surface area contributed by atoms with Crippen molar-refractivity contribution >= 4 is 34.9 Å². The molecule has 16 heavy (non-hydrogen) atoms. The maximum Gasteiger partial charge on any atom is 0.0525 e. The van der Waals surface area contributed by atoms with Crippen LogP contribution in [0.2, 0.25) is 0 Å². The molecule has 0 saturated heterocycles. The second kappa shape index (κ2) is 5.73. The molecule has 1 aromatic rings. The smallest absolute Gasteiger partial charge is 0.0525 e. The molecule has 0 saturated carbocycles. The molecule has 0 radical (unpaired) electrons. The Morgan fingerprint density at radius 2 is 2.38 bits per heavy atom. The average Bonchev–Trinajstić information content (AvgIpc) is 2.30. The number of thioether (sulfide) groups is 2. The highest BCUT2D eigenvalue weighted by Gasteiger charge is 2.16. The van der Waals surface area contributed by atoms with E-state index in [4.69, 9.17) is 5.73 Å². The van der Waals surface area contributed by atoms with Crippen LogP contribution in [0.1, 0.15) is 6.42 Å². The third-order valence-corrected chi connectivity index (χ3v) is 4.46. The molecule has 2 rings (SSSR count). The van der Waals surface area contributed by atoms with Crippen molar-refractivity contribution in [2.24, 2.45) is 0 Å². The Bertz CT molecular complexity index is 355. The molecule has 0 atom stereocenters. The van der Waals surface area contributed by atoms with Gasteiger partial charge in [0.05, 0.1) is 5.69 Å². The van der Waals surface area contributed by atoms with Crippen LogP contribution in [0.4, 0.5) is 11.4 Å². The Hall–Kier alpha value is -0.480. The van der Waals surface area contributed by atoms with Gasteiger partial charge in [-0.15, -0.1) is 11.8 Å². The summed E-state index contributed by atoms with van der Waals surface area (Å²) in [7, 11) is 0. The summed E-state index contributed by atoms with van der Waals surface area (Å²) in [5.74, 6) is 2.43. The summed E-state index contributed by atoms with van der Waals surface area (Å²) in [5.41, 5.74) is 8.06. The minimum Gasteiger partial charge on any atom is -0.399 e. The van der Waals surface area contributed by atoms with Crippen LogP contribution in [0.5, 0.6) is 0 Å². The Balaban J connectivity index is 2.09. The van der Waals surface area contributed by atoms with Crippen LogP contribution >= 0.6 is 23.5 Å². The molecular weight excluding hydrogens is 236 g/mol. The van der Waals surface area contributed by atoms with Crippen LogP contribution in [0.25, 0.3) is 0 Å². The molecule has 1 aliphatic rings. The fourth-order valence-corrected chi connectivity index (χ4v) is 3.37. The Morgan fingerprint density at radius 3 is 3.19 bits per heavy atom. The highest BCUT2D eigenvalue weighted by atomic mass is 32.2. The molecule has 0 amide bonds. The van der Waals surface area contributed by atoms with Crippen molar-refractivity contribution in [3.05, 3.63) is 18.2 Å². The lowest BCUT2D eigenvalue weighted by Gasteiger charge is -2.31. The summed E-state index contributed by atoms with van der Waals surface area (Å²) >= 11 is 3.86. The summed E-state index contributed by atoms with van der Waals surface area (Å²) in [6.45, 7) is 2.30. The highest BCUT2D eigenvalue weighted by Crippen LogP contribution is 2.35. The van der Waals surface area contributed by atoms with E-state index in [9.17, 15) is 0 Å². The lowest BCUT2D eigenvalue weighted by molar-refractivity contribution is 0.786. The highest BCUT2D eigenvalue weighted by molar-refractivity contribution is 7.99. The van der Waals surface area contributed by atoms with Crippen LogP contribution in [0, 0.1) is 0 Å². The van der Waals surface area contributed by atoms with Gasteiger partial charge in [-0.3, -0.25) is 0 Å². The van der Waals surface area contributed by atoms with Gasteiger partial charge in [-0.05, 0) is 36.6 Å². The third kappa shape index (κ3) is 2.80. The predicted octanol–water partition coefficient (Wildman–Crippen LogP) is 2.93. The first-order valence-electron chi connectivity index (χ1n) is 5.57. The predicted molar refractivity (Wildman–Crippen MR) is 76.8 cm³/mol. The maximum atomic E-state index is 5.86. The van der Waals surface area contributed by atoms with Gasteiger partial charge in [-0.1, -0.05) is 0 Å². The number of fused-ring (bicyclic) bond motifs is 1. The standard InChI is InChI=1S/C12H18N2S2/c1-15-7-2-5-14-6-8-16-12-4-3-10(13)9-11(12)14/h3-4,9H,2,5-8,13H2,1H3. The largest absolute Gasteiger partial charge is 0.399 e. The van der Waals surface area contributed by atoms with Crippen molar-refractivity contribution in [1.82, 2.24) is 0 Å². The lowest BCUT2D eigenvalue weighted by atomic mass is 10.2. The van der Waals surface area contributed by atoms with Gasteiger partial charge in [0.2, 0.25) is 0 Å². The van der Waals surface area contributed by atoms with E-state index in [0.29, 0.717) is 0 Å². The van der Waals surface area contributed by atoms with Gasteiger partial charge in [0.25, 0.3) is 0 Å². The Labute approximate surface area is 106 Å². The maximum absolute atomic E-state index is 5.86. The van der Waals surface area contributed by atoms with Gasteiger partial charge in [0.1, 0.15) is 0 Å². The molecule has 0 fully saturated rings. The van der Waals surface area contributed by atoms with E-state index in [1.807, 2.05) is 29.6 Å². The number of hydrogen-bond acceptors (Lipinski definition) is 4. The van der Waals surface area contributed by atoms with Crippen molar-refractivity contribution in [2.75, 3.05) is 41.5 Å². The number of nitrogens with zero attached hydrogens (tertiary/aromatic N) is 1. The van der Waals surface area contributed by atoms with Crippen molar-refractivity contribution in [3.63, 3.8) is 0 Å². The molecule has 0 bridgehead atoms. The number of rotatable bonds is 4. The quantitative estimate of drug-likeness (QED) is 0.661. The zero-order valence-electron chi connectivity index (χ0n) is 9.61. The number of anilines is 2. The van der Waals surface area contributed by atoms with Gasteiger partial charge in [0.15, 0.2) is 0 Å². The van der Waals surface area contributed by atoms with Gasteiger partial charge in [-0.2, -0.15) is 11.8 Å². The molecule has 0 aromatic heterocycles. The van der Waals surface area contributed by atoms with Crippen LogP contribution in [-0.4, -0.2) is 30.9 Å². The van der Waals surface area contributed by atoms with E-state index in [2.05, 4.69) is 23.3 Å². The SMILES string of the molecule is CSCCCN1CCSc2ccc(N)cc21. The fourth-order valence-electron chi connectivity index (χ4n) is 1.92. The molecule has 0 spiro atoms. The molecular formula is C12H18N2S2. The summed E-state index contributed by atoms with van der Waals surface area (Å²) in [5, 5.41) is 0. The summed E-state index contributed by atoms with van der Waals surface area (Å²) in [4.78, 5) is 3.85. The number of hydrogen-bond donors (Lipinski definition) is 1. The molecule has 0 unspecified atom stereocenters. The van der Waals surface area contributed by atoms with Crippen molar-refractivity contribution in [2.45, 2.75) is 11.3 Å². The van der Waals surface area contributed by atoms with Crippen LogP contribution in [0.3, 0.4) is 0 Å². The molecule has 1 heterocycles. The summed E-state index contributed by atoms with van der Waals surface area (Å²) in [6, 6.07) is 6.26. The van der Waals surface area contributed by atoms with E-state index in [-0.39, 0.29) is 0 Å². The van der Waals surface area contributed by atoms with Crippen molar-refractivity contribution in [1.29, 1.82) is 0 Å². The first kappa shape index (κ1) is 12.0. The topological polar surface area (TPSA) is 29.3 Å². The first-order valence-corrected chi connectivity index (χ1v) is 7.95. The minimum absolute atomic E-state index is 0.871. The average molecular weight is 254 g/mol. The zero-order valence-corrected chi connectivity index (χ0v) is 11.2. The van der Waals surface area contributed by atoms with Crippen molar-refractivity contribution in [3.8, 4) is 0 Å². The second-order valence-corrected chi connectivity index (χ2v) is 6.03. The van der Waals surface area contributed by atoms with E-state index >= 15 is 0 Å². The fraction of sp³-hybridized carbons (Fsp3) is 0.500. The zero-order chi connectivity index (χ0) is 11.4. The van der Waals surface area contributed by atoms with Crippen LogP contribution in [-0.2, 0) is 0 Å². The normalized spacial score (nSPS) is 14.9. The molecule has 1 aromatic carbocycles. The van der Waals surface area contributed by atoms with E-state index in [1.165, 1.54) is 28.5 Å². The molecule has 0 aliphatic carbocycles. The summed E-state index contributed by atoms with van der Waals surface area (Å²) < 4.78 is 0. The van der Waals surface area contributed by atoms with E-state index in [1.54, 1.807) is 0 Å². The van der Waals surface area contributed by atoms with E-state index in [0.717, 1.165) is 18.8 Å². The molecule has 2 N–H and O–H groups in total. The second-order valence-electron chi connectivity index (χ2n) is 3.91. The van der Waals surface area contributed by atoms with Crippen LogP contribution < -0.4 is 10.6 Å². The van der Waals surface area contributed by atoms with Crippen LogP contribution in [0.15, 0.2) is 23.1 Å². The lowest BCUT2D eigenvalue weighted by Crippen LogP contribution is -2.30. The van der Waals surface area contributed by atoms with Gasteiger partial charge in [-0.25, -0.2) is 0 Å². The molecule has 88 valence electrons. The molecule has 4 heteroatoms. The first-order chi connectivity index (χ1) is 7.81. The molecule has 1 aliphatic heterocycles. The number of benzene rings is 1. The Kier molecular flexibility index (Phi) is 4.29. The minimum atomic E-state index is 0.871.